The molecular formula is C25H27FN2O3S. The minimum atomic E-state index is -3.75. The Labute approximate surface area is 189 Å². The summed E-state index contributed by atoms with van der Waals surface area (Å²) < 4.78 is 47.8. The van der Waals surface area contributed by atoms with E-state index in [2.05, 4.69) is 4.90 Å². The zero-order chi connectivity index (χ0) is 22.6. The molecule has 5 nitrogen and oxygen atoms in total. The summed E-state index contributed by atoms with van der Waals surface area (Å²) in [5.41, 5.74) is 1.52. The first-order valence-corrected chi connectivity index (χ1v) is 12.1. The first kappa shape index (κ1) is 22.3. The lowest BCUT2D eigenvalue weighted by atomic mass is 10.0. The second-order valence-electron chi connectivity index (χ2n) is 7.95. The highest BCUT2D eigenvalue weighted by Gasteiger charge is 2.34. The van der Waals surface area contributed by atoms with E-state index in [9.17, 15) is 12.8 Å². The van der Waals surface area contributed by atoms with Gasteiger partial charge in [-0.3, -0.25) is 9.21 Å². The fourth-order valence-electron chi connectivity index (χ4n) is 4.20. The van der Waals surface area contributed by atoms with Crippen LogP contribution in [0.5, 0.6) is 5.75 Å². The normalized spacial score (nSPS) is 15.4. The summed E-state index contributed by atoms with van der Waals surface area (Å²) in [6.45, 7) is 2.10. The number of methoxy groups -OCH3 is 1. The van der Waals surface area contributed by atoms with Gasteiger partial charge in [-0.1, -0.05) is 36.4 Å². The monoisotopic (exact) mass is 454 g/mol. The lowest BCUT2D eigenvalue weighted by molar-refractivity contribution is 0.206. The smallest absolute Gasteiger partial charge is 0.264 e. The van der Waals surface area contributed by atoms with Crippen LogP contribution in [0.1, 0.15) is 18.4 Å². The average molecular weight is 455 g/mol. The Hall–Kier alpha value is -2.90. The molecule has 1 saturated heterocycles. The van der Waals surface area contributed by atoms with Crippen molar-refractivity contribution < 1.29 is 17.5 Å². The van der Waals surface area contributed by atoms with Gasteiger partial charge >= 0.3 is 0 Å². The molecule has 0 atom stereocenters. The highest BCUT2D eigenvalue weighted by Crippen LogP contribution is 2.32. The standard InChI is InChI=1S/C25H27FN2O3S/c1-31-24-10-6-9-23(18-24)28(32(29,30)25-11-3-2-4-12-25)22-13-15-27(16-14-22)19-20-7-5-8-21(26)17-20/h2-12,17-18,22H,13-16,19H2,1H3. The lowest BCUT2D eigenvalue weighted by Crippen LogP contribution is -2.47. The van der Waals surface area contributed by atoms with E-state index >= 15 is 0 Å². The van der Waals surface area contributed by atoms with Crippen LogP contribution in [-0.2, 0) is 16.6 Å². The minimum absolute atomic E-state index is 0.184. The molecule has 3 aromatic carbocycles. The van der Waals surface area contributed by atoms with Gasteiger partial charge in [0.1, 0.15) is 11.6 Å². The molecule has 0 aliphatic carbocycles. The highest BCUT2D eigenvalue weighted by molar-refractivity contribution is 7.92. The zero-order valence-corrected chi connectivity index (χ0v) is 18.8. The number of hydrogen-bond donors (Lipinski definition) is 0. The van der Waals surface area contributed by atoms with E-state index in [4.69, 9.17) is 4.74 Å². The van der Waals surface area contributed by atoms with Crippen molar-refractivity contribution >= 4 is 15.7 Å². The maximum Gasteiger partial charge on any atom is 0.264 e. The molecule has 0 amide bonds. The minimum Gasteiger partial charge on any atom is -0.497 e. The molecule has 3 aromatic rings. The van der Waals surface area contributed by atoms with Gasteiger partial charge in [0.2, 0.25) is 0 Å². The van der Waals surface area contributed by atoms with Crippen molar-refractivity contribution in [2.24, 2.45) is 0 Å². The van der Waals surface area contributed by atoms with Gasteiger partial charge in [0.25, 0.3) is 10.0 Å². The van der Waals surface area contributed by atoms with Crippen molar-refractivity contribution in [3.05, 3.63) is 90.2 Å². The Morgan fingerprint density at radius 1 is 0.969 bits per heavy atom. The van der Waals surface area contributed by atoms with E-state index in [-0.39, 0.29) is 16.8 Å². The summed E-state index contributed by atoms with van der Waals surface area (Å²) in [5.74, 6) is 0.370. The van der Waals surface area contributed by atoms with E-state index in [1.54, 1.807) is 72.1 Å². The van der Waals surface area contributed by atoms with Crippen LogP contribution in [0.15, 0.2) is 83.8 Å². The van der Waals surface area contributed by atoms with Gasteiger partial charge in [-0.25, -0.2) is 12.8 Å². The van der Waals surface area contributed by atoms with Crippen molar-refractivity contribution in [1.29, 1.82) is 0 Å². The molecule has 168 valence electrons. The number of likely N-dealkylation sites (tertiary alicyclic amines) is 1. The number of benzene rings is 3. The Balaban J connectivity index is 1.58. The molecule has 7 heteroatoms. The predicted octanol–water partition coefficient (Wildman–Crippen LogP) is 4.69. The first-order valence-electron chi connectivity index (χ1n) is 10.7. The van der Waals surface area contributed by atoms with Crippen molar-refractivity contribution in [1.82, 2.24) is 4.90 Å². The Morgan fingerprint density at radius 2 is 1.69 bits per heavy atom. The molecule has 0 aromatic heterocycles. The van der Waals surface area contributed by atoms with E-state index < -0.39 is 10.0 Å². The van der Waals surface area contributed by atoms with Crippen LogP contribution in [0.2, 0.25) is 0 Å². The van der Waals surface area contributed by atoms with Gasteiger partial charge in [0.15, 0.2) is 0 Å². The van der Waals surface area contributed by atoms with Crippen molar-refractivity contribution in [3.8, 4) is 5.75 Å². The van der Waals surface area contributed by atoms with Gasteiger partial charge in [-0.05, 0) is 54.8 Å². The fourth-order valence-corrected chi connectivity index (χ4v) is 5.93. The van der Waals surface area contributed by atoms with Crippen molar-refractivity contribution in [2.45, 2.75) is 30.3 Å². The molecule has 0 radical (unpaired) electrons. The third kappa shape index (κ3) is 4.95. The molecule has 1 aliphatic rings. The van der Waals surface area contributed by atoms with E-state index in [0.717, 1.165) is 18.7 Å². The van der Waals surface area contributed by atoms with Crippen LogP contribution in [-0.4, -0.2) is 39.6 Å². The summed E-state index contributed by atoms with van der Waals surface area (Å²) in [6, 6.07) is 22.1. The Bertz CT molecular complexity index is 1150. The van der Waals surface area contributed by atoms with E-state index in [1.807, 2.05) is 12.1 Å². The number of anilines is 1. The number of sulfonamides is 1. The Kier molecular flexibility index (Phi) is 6.77. The van der Waals surface area contributed by atoms with Crippen LogP contribution >= 0.6 is 0 Å². The molecule has 0 unspecified atom stereocenters. The van der Waals surface area contributed by atoms with Crippen LogP contribution in [0.4, 0.5) is 10.1 Å². The fraction of sp³-hybridized carbons (Fsp3) is 0.280. The van der Waals surface area contributed by atoms with Gasteiger partial charge in [-0.15, -0.1) is 0 Å². The maximum absolute atomic E-state index is 13.7. The topological polar surface area (TPSA) is 49.9 Å². The number of rotatable bonds is 7. The van der Waals surface area contributed by atoms with E-state index in [1.165, 1.54) is 6.07 Å². The van der Waals surface area contributed by atoms with Crippen LogP contribution in [0.3, 0.4) is 0 Å². The summed E-state index contributed by atoms with van der Waals surface area (Å²) >= 11 is 0. The summed E-state index contributed by atoms with van der Waals surface area (Å²) in [4.78, 5) is 2.51. The number of hydrogen-bond acceptors (Lipinski definition) is 4. The summed E-state index contributed by atoms with van der Waals surface area (Å²) in [5, 5.41) is 0. The van der Waals surface area contributed by atoms with Gasteiger partial charge < -0.3 is 4.74 Å². The Morgan fingerprint density at radius 3 is 2.38 bits per heavy atom. The molecule has 0 spiro atoms. The molecule has 0 N–H and O–H groups in total. The molecule has 0 bridgehead atoms. The lowest BCUT2D eigenvalue weighted by Gasteiger charge is -2.39. The molecular weight excluding hydrogens is 427 g/mol. The van der Waals surface area contributed by atoms with Gasteiger partial charge in [0.05, 0.1) is 17.7 Å². The third-order valence-electron chi connectivity index (χ3n) is 5.79. The first-order chi connectivity index (χ1) is 15.5. The summed E-state index contributed by atoms with van der Waals surface area (Å²) in [7, 11) is -2.18. The molecule has 32 heavy (non-hydrogen) atoms. The predicted molar refractivity (Wildman–Crippen MR) is 124 cm³/mol. The second kappa shape index (κ2) is 9.71. The molecule has 1 heterocycles. The molecule has 1 fully saturated rings. The number of piperidine rings is 1. The van der Waals surface area contributed by atoms with Crippen LogP contribution < -0.4 is 9.04 Å². The van der Waals surface area contributed by atoms with Crippen LogP contribution in [0.25, 0.3) is 0 Å². The largest absolute Gasteiger partial charge is 0.497 e. The molecule has 4 rings (SSSR count). The number of ether oxygens (including phenoxy) is 1. The van der Waals surface area contributed by atoms with Crippen LogP contribution in [0, 0.1) is 5.82 Å². The third-order valence-corrected chi connectivity index (χ3v) is 7.69. The van der Waals surface area contributed by atoms with Gasteiger partial charge in [0, 0.05) is 31.7 Å². The SMILES string of the molecule is COc1cccc(N(C2CCN(Cc3cccc(F)c3)CC2)S(=O)(=O)c2ccccc2)c1. The number of halogens is 1. The van der Waals surface area contributed by atoms with Crippen molar-refractivity contribution in [2.75, 3.05) is 24.5 Å². The van der Waals surface area contributed by atoms with E-state index in [0.29, 0.717) is 30.8 Å². The summed E-state index contributed by atoms with van der Waals surface area (Å²) in [6.07, 6.45) is 1.36. The molecule has 0 saturated carbocycles. The zero-order valence-electron chi connectivity index (χ0n) is 18.0. The maximum atomic E-state index is 13.7. The average Bonchev–Trinajstić information content (AvgIpc) is 2.81. The second-order valence-corrected chi connectivity index (χ2v) is 9.77. The van der Waals surface area contributed by atoms with Crippen molar-refractivity contribution in [3.63, 3.8) is 0 Å². The quantitative estimate of drug-likeness (QED) is 0.520. The van der Waals surface area contributed by atoms with Gasteiger partial charge in [-0.2, -0.15) is 0 Å². The number of nitrogens with zero attached hydrogens (tertiary/aromatic N) is 2. The molecule has 1 aliphatic heterocycles. The highest BCUT2D eigenvalue weighted by atomic mass is 32.2.